The maximum atomic E-state index is 12.5. The number of piperazine rings is 1. The van der Waals surface area contributed by atoms with Gasteiger partial charge < -0.3 is 9.80 Å². The molecule has 0 atom stereocenters. The van der Waals surface area contributed by atoms with Crippen LogP contribution in [0, 0.1) is 0 Å². The lowest BCUT2D eigenvalue weighted by Crippen LogP contribution is -2.49. The van der Waals surface area contributed by atoms with E-state index in [1.807, 2.05) is 65.6 Å². The minimum atomic E-state index is 0.193. The number of carbonyl (C=O) groups is 1. The maximum absolute atomic E-state index is 12.5. The molecule has 132 valence electrons. The van der Waals surface area contributed by atoms with Gasteiger partial charge in [0, 0.05) is 43.3 Å². The summed E-state index contributed by atoms with van der Waals surface area (Å²) in [4.78, 5) is 21.3. The lowest BCUT2D eigenvalue weighted by Gasteiger charge is -2.34. The van der Waals surface area contributed by atoms with E-state index in [0.29, 0.717) is 6.42 Å². The highest BCUT2D eigenvalue weighted by Gasteiger charge is 2.23. The molecule has 0 N–H and O–H groups in total. The molecule has 4 rings (SSSR count). The third-order valence-corrected chi connectivity index (χ3v) is 5.33. The highest BCUT2D eigenvalue weighted by atomic mass is 32.1. The molecule has 0 spiro atoms. The molecule has 1 amide bonds. The van der Waals surface area contributed by atoms with Crippen molar-refractivity contribution in [3.8, 4) is 11.4 Å². The van der Waals surface area contributed by atoms with E-state index in [0.717, 1.165) is 48.3 Å². The van der Waals surface area contributed by atoms with E-state index in [4.69, 9.17) is 0 Å². The van der Waals surface area contributed by atoms with E-state index >= 15 is 0 Å². The van der Waals surface area contributed by atoms with Gasteiger partial charge in [0.1, 0.15) is 0 Å². The Morgan fingerprint density at radius 3 is 2.27 bits per heavy atom. The van der Waals surface area contributed by atoms with Gasteiger partial charge in [0.15, 0.2) is 5.82 Å². The Kier molecular flexibility index (Phi) is 4.93. The quantitative estimate of drug-likeness (QED) is 0.714. The second-order valence-electron chi connectivity index (χ2n) is 6.30. The largest absolute Gasteiger partial charge is 0.343 e. The zero-order chi connectivity index (χ0) is 17.8. The van der Waals surface area contributed by atoms with Gasteiger partial charge in [0.25, 0.3) is 0 Å². The van der Waals surface area contributed by atoms with Crippen molar-refractivity contribution in [2.24, 2.45) is 0 Å². The highest BCUT2D eigenvalue weighted by molar-refractivity contribution is 7.09. The standard InChI is InChI=1S/C20H20N4OS/c25-18(15-16-7-3-1-4-8-16)23-11-13-24(14-12-23)20-21-19(22-26-20)17-9-5-2-6-10-17/h1-10H,11-15H2. The Morgan fingerprint density at radius 2 is 1.58 bits per heavy atom. The van der Waals surface area contributed by atoms with Crippen LogP contribution in [-0.2, 0) is 11.2 Å². The van der Waals surface area contributed by atoms with Gasteiger partial charge in [0.05, 0.1) is 6.42 Å². The summed E-state index contributed by atoms with van der Waals surface area (Å²) in [5, 5.41) is 0.930. The van der Waals surface area contributed by atoms with Crippen LogP contribution in [0.1, 0.15) is 5.56 Å². The molecule has 0 unspecified atom stereocenters. The molecule has 1 saturated heterocycles. The van der Waals surface area contributed by atoms with Gasteiger partial charge in [-0.15, -0.1) is 0 Å². The van der Waals surface area contributed by atoms with Gasteiger partial charge in [-0.3, -0.25) is 4.79 Å². The molecule has 5 nitrogen and oxygen atoms in total. The Hall–Kier alpha value is -2.73. The third-order valence-electron chi connectivity index (χ3n) is 4.55. The summed E-state index contributed by atoms with van der Waals surface area (Å²) in [6.45, 7) is 3.05. The summed E-state index contributed by atoms with van der Waals surface area (Å²) in [6.07, 6.45) is 0.470. The van der Waals surface area contributed by atoms with Crippen LogP contribution in [0.2, 0.25) is 0 Å². The van der Waals surface area contributed by atoms with Gasteiger partial charge in [0.2, 0.25) is 11.0 Å². The number of hydrogen-bond acceptors (Lipinski definition) is 5. The average Bonchev–Trinajstić information content (AvgIpc) is 3.20. The molecule has 0 bridgehead atoms. The van der Waals surface area contributed by atoms with Crippen LogP contribution in [-0.4, -0.2) is 46.3 Å². The summed E-state index contributed by atoms with van der Waals surface area (Å²) < 4.78 is 4.48. The van der Waals surface area contributed by atoms with E-state index in [2.05, 4.69) is 14.3 Å². The fraction of sp³-hybridized carbons (Fsp3) is 0.250. The second kappa shape index (κ2) is 7.66. The molecular formula is C20H20N4OS. The molecule has 1 aliphatic heterocycles. The minimum Gasteiger partial charge on any atom is -0.343 e. The van der Waals surface area contributed by atoms with Gasteiger partial charge in [-0.2, -0.15) is 9.36 Å². The lowest BCUT2D eigenvalue weighted by molar-refractivity contribution is -0.130. The zero-order valence-corrected chi connectivity index (χ0v) is 15.2. The molecule has 1 aromatic heterocycles. The van der Waals surface area contributed by atoms with Crippen LogP contribution in [0.15, 0.2) is 60.7 Å². The maximum Gasteiger partial charge on any atom is 0.227 e. The molecule has 1 fully saturated rings. The first kappa shape index (κ1) is 16.7. The van der Waals surface area contributed by atoms with Crippen molar-refractivity contribution < 1.29 is 4.79 Å². The predicted molar refractivity (Wildman–Crippen MR) is 104 cm³/mol. The normalized spacial score (nSPS) is 14.5. The fourth-order valence-corrected chi connectivity index (χ4v) is 3.82. The molecule has 3 aromatic rings. The first-order valence-electron chi connectivity index (χ1n) is 8.75. The van der Waals surface area contributed by atoms with E-state index in [9.17, 15) is 4.79 Å². The van der Waals surface area contributed by atoms with Crippen molar-refractivity contribution in [3.63, 3.8) is 0 Å². The first-order valence-corrected chi connectivity index (χ1v) is 9.53. The number of nitrogens with zero attached hydrogens (tertiary/aromatic N) is 4. The summed E-state index contributed by atoms with van der Waals surface area (Å²) in [5.74, 6) is 0.964. The van der Waals surface area contributed by atoms with Gasteiger partial charge >= 0.3 is 0 Å². The number of hydrogen-bond donors (Lipinski definition) is 0. The van der Waals surface area contributed by atoms with Gasteiger partial charge in [-0.05, 0) is 5.56 Å². The summed E-state index contributed by atoms with van der Waals surface area (Å²) in [5.41, 5.74) is 2.10. The molecule has 0 saturated carbocycles. The molecular weight excluding hydrogens is 344 g/mol. The van der Waals surface area contributed by atoms with Crippen LogP contribution in [0.5, 0.6) is 0 Å². The zero-order valence-electron chi connectivity index (χ0n) is 14.4. The van der Waals surface area contributed by atoms with Crippen molar-refractivity contribution in [1.29, 1.82) is 0 Å². The third kappa shape index (κ3) is 3.75. The first-order chi connectivity index (χ1) is 12.8. The Balaban J connectivity index is 1.35. The number of rotatable bonds is 4. The van der Waals surface area contributed by atoms with Crippen LogP contribution >= 0.6 is 11.5 Å². The topological polar surface area (TPSA) is 49.3 Å². The Morgan fingerprint density at radius 1 is 0.923 bits per heavy atom. The van der Waals surface area contributed by atoms with Crippen LogP contribution in [0.25, 0.3) is 11.4 Å². The molecule has 0 radical (unpaired) electrons. The number of benzene rings is 2. The number of carbonyl (C=O) groups excluding carboxylic acids is 1. The van der Waals surface area contributed by atoms with Gasteiger partial charge in [-0.25, -0.2) is 0 Å². The Labute approximate surface area is 157 Å². The molecule has 6 heteroatoms. The molecule has 0 aliphatic carbocycles. The minimum absolute atomic E-state index is 0.193. The molecule has 2 heterocycles. The van der Waals surface area contributed by atoms with Crippen molar-refractivity contribution >= 4 is 22.6 Å². The van der Waals surface area contributed by atoms with E-state index < -0.39 is 0 Å². The number of amides is 1. The monoisotopic (exact) mass is 364 g/mol. The average molecular weight is 364 g/mol. The highest BCUT2D eigenvalue weighted by Crippen LogP contribution is 2.24. The second-order valence-corrected chi connectivity index (χ2v) is 7.03. The fourth-order valence-electron chi connectivity index (χ4n) is 3.08. The summed E-state index contributed by atoms with van der Waals surface area (Å²) in [6, 6.07) is 19.9. The van der Waals surface area contributed by atoms with E-state index in [1.54, 1.807) is 0 Å². The smallest absolute Gasteiger partial charge is 0.227 e. The van der Waals surface area contributed by atoms with Crippen LogP contribution in [0.4, 0.5) is 5.13 Å². The predicted octanol–water partition coefficient (Wildman–Crippen LogP) is 3.10. The van der Waals surface area contributed by atoms with Crippen molar-refractivity contribution in [2.45, 2.75) is 6.42 Å². The summed E-state index contributed by atoms with van der Waals surface area (Å²) in [7, 11) is 0. The van der Waals surface area contributed by atoms with Crippen LogP contribution < -0.4 is 4.90 Å². The molecule has 26 heavy (non-hydrogen) atoms. The van der Waals surface area contributed by atoms with Crippen LogP contribution in [0.3, 0.4) is 0 Å². The molecule has 2 aromatic carbocycles. The molecule has 1 aliphatic rings. The van der Waals surface area contributed by atoms with Crippen molar-refractivity contribution in [2.75, 3.05) is 31.1 Å². The van der Waals surface area contributed by atoms with Crippen molar-refractivity contribution in [3.05, 3.63) is 66.2 Å². The van der Waals surface area contributed by atoms with Gasteiger partial charge in [-0.1, -0.05) is 60.7 Å². The number of anilines is 1. The Bertz CT molecular complexity index is 858. The van der Waals surface area contributed by atoms with Crippen molar-refractivity contribution in [1.82, 2.24) is 14.3 Å². The number of aromatic nitrogens is 2. The summed E-state index contributed by atoms with van der Waals surface area (Å²) >= 11 is 1.42. The SMILES string of the molecule is O=C(Cc1ccccc1)N1CCN(c2nc(-c3ccccc3)ns2)CC1. The lowest BCUT2D eigenvalue weighted by atomic mass is 10.1. The van der Waals surface area contributed by atoms with E-state index in [-0.39, 0.29) is 5.91 Å². The van der Waals surface area contributed by atoms with E-state index in [1.165, 1.54) is 11.5 Å².